The van der Waals surface area contributed by atoms with Crippen LogP contribution in [0.15, 0.2) is 66.7 Å². The molecule has 3 aromatic rings. The summed E-state index contributed by atoms with van der Waals surface area (Å²) < 4.78 is 11.1. The van der Waals surface area contributed by atoms with Gasteiger partial charge < -0.3 is 9.47 Å². The average Bonchev–Trinajstić information content (AvgIpc) is 2.72. The van der Waals surface area contributed by atoms with Crippen LogP contribution in [0.25, 0.3) is 10.8 Å². The molecular formula is C22H22N2O4. The van der Waals surface area contributed by atoms with Crippen LogP contribution in [0.3, 0.4) is 0 Å². The summed E-state index contributed by atoms with van der Waals surface area (Å²) in [5.74, 6) is 0.279. The monoisotopic (exact) mass is 378 g/mol. The van der Waals surface area contributed by atoms with E-state index in [0.29, 0.717) is 23.7 Å². The minimum Gasteiger partial charge on any atom is -0.494 e. The van der Waals surface area contributed by atoms with Gasteiger partial charge in [0.15, 0.2) is 6.10 Å². The SMILES string of the molecule is CCOc1cccc(C(=O)NNC(=O)[C@@H](C)Oc2ccc3ccccc3c2)c1. The number of amides is 2. The fraction of sp³-hybridized carbons (Fsp3) is 0.182. The van der Waals surface area contributed by atoms with Crippen LogP contribution in [-0.4, -0.2) is 24.5 Å². The molecule has 0 radical (unpaired) electrons. The van der Waals surface area contributed by atoms with E-state index in [-0.39, 0.29) is 0 Å². The molecule has 0 saturated carbocycles. The van der Waals surface area contributed by atoms with Gasteiger partial charge in [-0.15, -0.1) is 0 Å². The molecule has 28 heavy (non-hydrogen) atoms. The van der Waals surface area contributed by atoms with Crippen molar-refractivity contribution in [3.8, 4) is 11.5 Å². The van der Waals surface area contributed by atoms with E-state index in [1.807, 2.05) is 49.4 Å². The summed E-state index contributed by atoms with van der Waals surface area (Å²) >= 11 is 0. The number of benzene rings is 3. The molecule has 0 aliphatic rings. The first kappa shape index (κ1) is 19.2. The van der Waals surface area contributed by atoms with Crippen molar-refractivity contribution in [2.24, 2.45) is 0 Å². The molecule has 0 bridgehead atoms. The summed E-state index contributed by atoms with van der Waals surface area (Å²) in [5, 5.41) is 2.11. The van der Waals surface area contributed by atoms with E-state index >= 15 is 0 Å². The van der Waals surface area contributed by atoms with Gasteiger partial charge in [0, 0.05) is 5.56 Å². The highest BCUT2D eigenvalue weighted by Gasteiger charge is 2.16. The zero-order valence-electron chi connectivity index (χ0n) is 15.8. The second-order valence-electron chi connectivity index (χ2n) is 6.17. The lowest BCUT2D eigenvalue weighted by Gasteiger charge is -2.15. The summed E-state index contributed by atoms with van der Waals surface area (Å²) in [6.07, 6.45) is -0.781. The zero-order valence-corrected chi connectivity index (χ0v) is 15.8. The summed E-state index contributed by atoms with van der Waals surface area (Å²) in [4.78, 5) is 24.5. The van der Waals surface area contributed by atoms with Crippen molar-refractivity contribution in [2.45, 2.75) is 20.0 Å². The van der Waals surface area contributed by atoms with Crippen molar-refractivity contribution in [1.82, 2.24) is 10.9 Å². The Morgan fingerprint density at radius 3 is 2.46 bits per heavy atom. The van der Waals surface area contributed by atoms with Crippen molar-refractivity contribution >= 4 is 22.6 Å². The predicted octanol–water partition coefficient (Wildman–Crippen LogP) is 3.47. The minimum absolute atomic E-state index is 0.384. The standard InChI is InChI=1S/C22H22N2O4/c1-3-27-19-10-6-9-18(14-19)22(26)24-23-21(25)15(2)28-20-12-11-16-7-4-5-8-17(16)13-20/h4-15H,3H2,1-2H3,(H,23,25)(H,24,26)/t15-/m1/s1. The number of carbonyl (C=O) groups is 2. The largest absolute Gasteiger partial charge is 0.494 e. The molecule has 0 saturated heterocycles. The normalized spacial score (nSPS) is 11.5. The van der Waals surface area contributed by atoms with Crippen LogP contribution in [0.4, 0.5) is 0 Å². The Labute approximate surface area is 163 Å². The molecule has 3 rings (SSSR count). The second-order valence-corrected chi connectivity index (χ2v) is 6.17. The molecule has 1 atom stereocenters. The molecule has 0 spiro atoms. The highest BCUT2D eigenvalue weighted by molar-refractivity contribution is 5.96. The highest BCUT2D eigenvalue weighted by atomic mass is 16.5. The molecule has 0 aliphatic carbocycles. The fourth-order valence-electron chi connectivity index (χ4n) is 2.68. The van der Waals surface area contributed by atoms with Gasteiger partial charge in [0.2, 0.25) is 0 Å². The Morgan fingerprint density at radius 2 is 1.68 bits per heavy atom. The first-order chi connectivity index (χ1) is 13.6. The van der Waals surface area contributed by atoms with Gasteiger partial charge in [-0.3, -0.25) is 20.4 Å². The predicted molar refractivity (Wildman–Crippen MR) is 107 cm³/mol. The van der Waals surface area contributed by atoms with Crippen molar-refractivity contribution < 1.29 is 19.1 Å². The third-order valence-corrected chi connectivity index (χ3v) is 4.11. The first-order valence-electron chi connectivity index (χ1n) is 9.05. The quantitative estimate of drug-likeness (QED) is 0.644. The van der Waals surface area contributed by atoms with Gasteiger partial charge in [-0.05, 0) is 55.0 Å². The summed E-state index contributed by atoms with van der Waals surface area (Å²) in [5.41, 5.74) is 5.16. The highest BCUT2D eigenvalue weighted by Crippen LogP contribution is 2.21. The number of rotatable bonds is 6. The topological polar surface area (TPSA) is 76.7 Å². The van der Waals surface area contributed by atoms with Gasteiger partial charge in [0.25, 0.3) is 11.8 Å². The Hall–Kier alpha value is -3.54. The molecule has 0 heterocycles. The van der Waals surface area contributed by atoms with Crippen LogP contribution in [0.2, 0.25) is 0 Å². The number of fused-ring (bicyclic) bond motifs is 1. The maximum absolute atomic E-state index is 12.2. The lowest BCUT2D eigenvalue weighted by Crippen LogP contribution is -2.47. The van der Waals surface area contributed by atoms with Crippen molar-refractivity contribution in [3.63, 3.8) is 0 Å². The smallest absolute Gasteiger partial charge is 0.279 e. The van der Waals surface area contributed by atoms with Crippen LogP contribution in [0.1, 0.15) is 24.2 Å². The minimum atomic E-state index is -0.781. The third kappa shape index (κ3) is 4.79. The van der Waals surface area contributed by atoms with Gasteiger partial charge in [-0.2, -0.15) is 0 Å². The van der Waals surface area contributed by atoms with E-state index in [0.717, 1.165) is 10.8 Å². The van der Waals surface area contributed by atoms with Crippen molar-refractivity contribution in [2.75, 3.05) is 6.61 Å². The zero-order chi connectivity index (χ0) is 19.9. The van der Waals surface area contributed by atoms with E-state index in [9.17, 15) is 9.59 Å². The van der Waals surface area contributed by atoms with Crippen LogP contribution < -0.4 is 20.3 Å². The molecule has 0 aromatic heterocycles. The molecule has 3 aromatic carbocycles. The number of hydrogen-bond donors (Lipinski definition) is 2. The molecule has 0 aliphatic heterocycles. The molecule has 2 N–H and O–H groups in total. The molecule has 0 fully saturated rings. The molecule has 0 unspecified atom stereocenters. The van der Waals surface area contributed by atoms with Crippen LogP contribution in [-0.2, 0) is 4.79 Å². The molecule has 2 amide bonds. The van der Waals surface area contributed by atoms with Crippen molar-refractivity contribution in [1.29, 1.82) is 0 Å². The lowest BCUT2D eigenvalue weighted by atomic mass is 10.1. The van der Waals surface area contributed by atoms with E-state index in [1.165, 1.54) is 0 Å². The fourth-order valence-corrected chi connectivity index (χ4v) is 2.68. The van der Waals surface area contributed by atoms with Crippen molar-refractivity contribution in [3.05, 3.63) is 72.3 Å². The third-order valence-electron chi connectivity index (χ3n) is 4.11. The maximum Gasteiger partial charge on any atom is 0.279 e. The van der Waals surface area contributed by atoms with Gasteiger partial charge in [-0.1, -0.05) is 36.4 Å². The molecular weight excluding hydrogens is 356 g/mol. The average molecular weight is 378 g/mol. The Morgan fingerprint density at radius 1 is 0.893 bits per heavy atom. The number of hydrazine groups is 1. The van der Waals surface area contributed by atoms with E-state index in [2.05, 4.69) is 10.9 Å². The Kier molecular flexibility index (Phi) is 6.11. The summed E-state index contributed by atoms with van der Waals surface area (Å²) in [6.45, 7) is 3.99. The molecule has 144 valence electrons. The van der Waals surface area contributed by atoms with Crippen LogP contribution >= 0.6 is 0 Å². The summed E-state index contributed by atoms with van der Waals surface area (Å²) in [6, 6.07) is 20.2. The number of carbonyl (C=O) groups excluding carboxylic acids is 2. The number of nitrogens with one attached hydrogen (secondary N) is 2. The molecule has 6 nitrogen and oxygen atoms in total. The second kappa shape index (κ2) is 8.90. The van der Waals surface area contributed by atoms with Gasteiger partial charge in [-0.25, -0.2) is 0 Å². The molecule has 6 heteroatoms. The van der Waals surface area contributed by atoms with Gasteiger partial charge in [0.1, 0.15) is 11.5 Å². The summed E-state index contributed by atoms with van der Waals surface area (Å²) in [7, 11) is 0. The van der Waals surface area contributed by atoms with E-state index in [1.54, 1.807) is 31.2 Å². The first-order valence-corrected chi connectivity index (χ1v) is 9.05. The lowest BCUT2D eigenvalue weighted by molar-refractivity contribution is -0.128. The maximum atomic E-state index is 12.2. The van der Waals surface area contributed by atoms with Crippen LogP contribution in [0, 0.1) is 0 Å². The Balaban J connectivity index is 1.56. The Bertz CT molecular complexity index is 987. The van der Waals surface area contributed by atoms with Crippen LogP contribution in [0.5, 0.6) is 11.5 Å². The van der Waals surface area contributed by atoms with Gasteiger partial charge >= 0.3 is 0 Å². The number of ether oxygens (including phenoxy) is 2. The van der Waals surface area contributed by atoms with E-state index < -0.39 is 17.9 Å². The number of hydrogen-bond acceptors (Lipinski definition) is 4. The van der Waals surface area contributed by atoms with Gasteiger partial charge in [0.05, 0.1) is 6.61 Å². The van der Waals surface area contributed by atoms with E-state index in [4.69, 9.17) is 9.47 Å².